The number of nitrogens with one attached hydrogen (secondary N) is 1. The van der Waals surface area contributed by atoms with Gasteiger partial charge < -0.3 is 16.0 Å². The van der Waals surface area contributed by atoms with Gasteiger partial charge in [0.1, 0.15) is 10.7 Å². The maximum Gasteiger partial charge on any atom is 0.265 e. The molecule has 0 radical (unpaired) electrons. The maximum absolute atomic E-state index is 12.3. The highest BCUT2D eigenvalue weighted by Crippen LogP contribution is 2.30. The molecule has 112 valence electrons. The van der Waals surface area contributed by atoms with E-state index in [4.69, 9.17) is 5.73 Å². The van der Waals surface area contributed by atoms with E-state index in [1.54, 1.807) is 0 Å². The van der Waals surface area contributed by atoms with Crippen LogP contribution < -0.4 is 16.0 Å². The molecule has 5 nitrogen and oxygen atoms in total. The fraction of sp³-hybridized carbons (Fsp3) is 0.692. The first kappa shape index (κ1) is 15.4. The van der Waals surface area contributed by atoms with Crippen molar-refractivity contribution in [2.24, 2.45) is 0 Å². The van der Waals surface area contributed by atoms with E-state index < -0.39 is 0 Å². The van der Waals surface area contributed by atoms with Crippen molar-refractivity contribution in [2.75, 3.05) is 30.5 Å². The number of thioether (sulfide) groups is 1. The molecule has 1 saturated carbocycles. The molecule has 2 rings (SSSR count). The molecule has 0 aromatic carbocycles. The molecule has 7 heteroatoms. The molecule has 1 aromatic rings. The maximum atomic E-state index is 12.3. The van der Waals surface area contributed by atoms with Crippen LogP contribution in [0.5, 0.6) is 0 Å². The minimum Gasteiger partial charge on any atom is -0.382 e. The topological polar surface area (TPSA) is 71.2 Å². The smallest absolute Gasteiger partial charge is 0.265 e. The van der Waals surface area contributed by atoms with Crippen LogP contribution in [0.4, 0.5) is 10.9 Å². The van der Waals surface area contributed by atoms with Crippen LogP contribution in [0, 0.1) is 0 Å². The Hall–Kier alpha value is -0.950. The van der Waals surface area contributed by atoms with Gasteiger partial charge in [0.2, 0.25) is 0 Å². The fourth-order valence-electron chi connectivity index (χ4n) is 2.32. The van der Waals surface area contributed by atoms with Crippen molar-refractivity contribution < 1.29 is 4.79 Å². The number of hydrogen-bond donors (Lipinski definition) is 2. The van der Waals surface area contributed by atoms with Gasteiger partial charge in [-0.25, -0.2) is 4.98 Å². The number of amides is 1. The molecular formula is C13H22N4OS2. The summed E-state index contributed by atoms with van der Waals surface area (Å²) in [5.74, 6) is 0.254. The van der Waals surface area contributed by atoms with Gasteiger partial charge in [0, 0.05) is 24.9 Å². The Balaban J connectivity index is 2.01. The van der Waals surface area contributed by atoms with Gasteiger partial charge in [-0.15, -0.1) is 0 Å². The van der Waals surface area contributed by atoms with Crippen molar-refractivity contribution in [1.82, 2.24) is 10.3 Å². The molecule has 0 spiro atoms. The minimum atomic E-state index is -0.0810. The quantitative estimate of drug-likeness (QED) is 0.872. The van der Waals surface area contributed by atoms with Crippen LogP contribution in [0.1, 0.15) is 35.9 Å². The van der Waals surface area contributed by atoms with E-state index in [9.17, 15) is 4.79 Å². The first-order chi connectivity index (χ1) is 9.55. The van der Waals surface area contributed by atoms with Crippen LogP contribution in [0.3, 0.4) is 0 Å². The van der Waals surface area contributed by atoms with Crippen molar-refractivity contribution in [1.29, 1.82) is 0 Å². The molecule has 1 heterocycles. The predicted molar refractivity (Wildman–Crippen MR) is 87.9 cm³/mol. The van der Waals surface area contributed by atoms with Crippen LogP contribution in [-0.2, 0) is 0 Å². The van der Waals surface area contributed by atoms with Crippen molar-refractivity contribution in [2.45, 2.75) is 37.5 Å². The highest BCUT2D eigenvalue weighted by molar-refractivity contribution is 7.99. The SMILES string of the molecule is CCN(C)c1nc(N)c(C(=O)NC2CCC(SC)C2)s1. The lowest BCUT2D eigenvalue weighted by Crippen LogP contribution is -2.33. The van der Waals surface area contributed by atoms with Crippen molar-refractivity contribution in [3.63, 3.8) is 0 Å². The summed E-state index contributed by atoms with van der Waals surface area (Å²) < 4.78 is 0. The monoisotopic (exact) mass is 314 g/mol. The first-order valence-corrected chi connectivity index (χ1v) is 8.96. The first-order valence-electron chi connectivity index (χ1n) is 6.86. The van der Waals surface area contributed by atoms with Crippen molar-refractivity contribution >= 4 is 40.0 Å². The third kappa shape index (κ3) is 3.38. The molecule has 0 saturated heterocycles. The molecule has 0 bridgehead atoms. The Labute approximate surface area is 128 Å². The van der Waals surface area contributed by atoms with Crippen LogP contribution in [0.25, 0.3) is 0 Å². The number of anilines is 2. The van der Waals surface area contributed by atoms with Gasteiger partial charge in [-0.1, -0.05) is 11.3 Å². The second-order valence-corrected chi connectivity index (χ2v) is 7.18. The Kier molecular flexibility index (Phi) is 5.15. The summed E-state index contributed by atoms with van der Waals surface area (Å²) >= 11 is 3.24. The number of carbonyl (C=O) groups is 1. The molecule has 3 N–H and O–H groups in total. The van der Waals surface area contributed by atoms with Gasteiger partial charge in [0.15, 0.2) is 5.13 Å². The highest BCUT2D eigenvalue weighted by Gasteiger charge is 2.27. The molecule has 1 amide bonds. The lowest BCUT2D eigenvalue weighted by Gasteiger charge is -2.12. The molecule has 20 heavy (non-hydrogen) atoms. The van der Waals surface area contributed by atoms with Crippen molar-refractivity contribution in [3.05, 3.63) is 4.88 Å². The van der Waals surface area contributed by atoms with Gasteiger partial charge >= 0.3 is 0 Å². The summed E-state index contributed by atoms with van der Waals surface area (Å²) in [7, 11) is 1.94. The number of thiazole rings is 1. The summed E-state index contributed by atoms with van der Waals surface area (Å²) in [6, 6.07) is 0.272. The highest BCUT2D eigenvalue weighted by atomic mass is 32.2. The third-order valence-corrected chi connectivity index (χ3v) is 5.98. The number of carbonyl (C=O) groups excluding carboxylic acids is 1. The summed E-state index contributed by atoms with van der Waals surface area (Å²) in [5, 5.41) is 4.55. The Morgan fingerprint density at radius 1 is 1.60 bits per heavy atom. The normalized spacial score (nSPS) is 21.9. The van der Waals surface area contributed by atoms with E-state index in [-0.39, 0.29) is 11.9 Å². The number of nitrogens with zero attached hydrogens (tertiary/aromatic N) is 2. The second kappa shape index (κ2) is 6.67. The third-order valence-electron chi connectivity index (χ3n) is 3.70. The van der Waals surface area contributed by atoms with Gasteiger partial charge in [-0.3, -0.25) is 4.79 Å². The second-order valence-electron chi connectivity index (χ2n) is 5.07. The van der Waals surface area contributed by atoms with Gasteiger partial charge in [0.25, 0.3) is 5.91 Å². The Bertz CT molecular complexity index is 477. The molecule has 1 aliphatic carbocycles. The number of nitrogens with two attached hydrogens (primary N) is 1. The van der Waals surface area contributed by atoms with Gasteiger partial charge in [0.05, 0.1) is 0 Å². The average Bonchev–Trinajstić information content (AvgIpc) is 3.04. The van der Waals surface area contributed by atoms with E-state index in [2.05, 4.69) is 16.6 Å². The van der Waals surface area contributed by atoms with E-state index in [1.165, 1.54) is 17.8 Å². The number of rotatable bonds is 5. The zero-order chi connectivity index (χ0) is 14.7. The predicted octanol–water partition coefficient (Wildman–Crippen LogP) is 2.20. The fourth-order valence-corrected chi connectivity index (χ4v) is 4.03. The summed E-state index contributed by atoms with van der Waals surface area (Å²) in [5.41, 5.74) is 5.87. The van der Waals surface area contributed by atoms with Crippen LogP contribution >= 0.6 is 23.1 Å². The average molecular weight is 314 g/mol. The molecule has 2 unspecified atom stereocenters. The Morgan fingerprint density at radius 3 is 2.95 bits per heavy atom. The lowest BCUT2D eigenvalue weighted by molar-refractivity contribution is 0.0943. The molecule has 2 atom stereocenters. The molecule has 1 aromatic heterocycles. The molecule has 1 aliphatic rings. The minimum absolute atomic E-state index is 0.0810. The van der Waals surface area contributed by atoms with Gasteiger partial charge in [-0.05, 0) is 32.4 Å². The van der Waals surface area contributed by atoms with E-state index in [1.807, 2.05) is 30.6 Å². The Morgan fingerprint density at radius 2 is 2.35 bits per heavy atom. The molecular weight excluding hydrogens is 292 g/mol. The summed E-state index contributed by atoms with van der Waals surface area (Å²) in [6.07, 6.45) is 5.40. The molecule has 1 fully saturated rings. The largest absolute Gasteiger partial charge is 0.382 e. The van der Waals surface area contributed by atoms with Crippen molar-refractivity contribution in [3.8, 4) is 0 Å². The van der Waals surface area contributed by atoms with E-state index >= 15 is 0 Å². The van der Waals surface area contributed by atoms with E-state index in [0.29, 0.717) is 15.9 Å². The van der Waals surface area contributed by atoms with E-state index in [0.717, 1.165) is 24.5 Å². The zero-order valence-electron chi connectivity index (χ0n) is 12.2. The number of hydrogen-bond acceptors (Lipinski definition) is 6. The standard InChI is InChI=1S/C13H22N4OS2/c1-4-17(2)13-16-11(14)10(20-13)12(18)15-8-5-6-9(7-8)19-3/h8-9H,4-7,14H2,1-3H3,(H,15,18). The van der Waals surface area contributed by atoms with Crippen LogP contribution in [-0.4, -0.2) is 42.0 Å². The lowest BCUT2D eigenvalue weighted by atomic mass is 10.2. The molecule has 0 aliphatic heterocycles. The number of aromatic nitrogens is 1. The van der Waals surface area contributed by atoms with Crippen LogP contribution in [0.15, 0.2) is 0 Å². The number of nitrogen functional groups attached to an aromatic ring is 1. The summed E-state index contributed by atoms with van der Waals surface area (Å²) in [4.78, 5) is 19.1. The zero-order valence-corrected chi connectivity index (χ0v) is 13.8. The van der Waals surface area contributed by atoms with Crippen LogP contribution in [0.2, 0.25) is 0 Å². The van der Waals surface area contributed by atoms with Gasteiger partial charge in [-0.2, -0.15) is 11.8 Å². The summed E-state index contributed by atoms with van der Waals surface area (Å²) in [6.45, 7) is 2.88.